The molecule has 2 aliphatic heterocycles. The second kappa shape index (κ2) is 7.54. The number of carbonyl (C=O) groups excluding carboxylic acids is 2. The Morgan fingerprint density at radius 3 is 2.52 bits per heavy atom. The number of imidazole rings is 1. The number of amides is 2. The molecule has 1 unspecified atom stereocenters. The van der Waals surface area contributed by atoms with Gasteiger partial charge < -0.3 is 20.1 Å². The Kier molecular flexibility index (Phi) is 4.69. The Labute approximate surface area is 178 Å². The number of hydrogen-bond acceptors (Lipinski definition) is 4. The molecule has 7 nitrogen and oxygen atoms in total. The van der Waals surface area contributed by atoms with Gasteiger partial charge in [-0.25, -0.2) is 9.37 Å². The number of halogens is 1. The number of fused-ring (bicyclic) bond motifs is 1. The maximum atomic E-state index is 13.5. The molecule has 0 bridgehead atoms. The van der Waals surface area contributed by atoms with E-state index in [9.17, 15) is 14.0 Å². The lowest BCUT2D eigenvalue weighted by molar-refractivity contribution is -0.144. The molecule has 0 spiro atoms. The first-order valence-electron chi connectivity index (χ1n) is 10.2. The Bertz CT molecular complexity index is 1150. The van der Waals surface area contributed by atoms with Crippen molar-refractivity contribution in [2.24, 2.45) is 0 Å². The van der Waals surface area contributed by atoms with Gasteiger partial charge >= 0.3 is 0 Å². The standard InChI is InChI=1S/C23H22FN5O2/c1-14-2-8-17(9-3-14)25-22-21(15-4-6-16(24)7-5-15)27-19-13-28(10-11-29(19)22)23(31)18-12-20(30)26-18/h2-9,18,25H,10-13H2,1H3,(H,26,30). The quantitative estimate of drug-likeness (QED) is 0.638. The minimum Gasteiger partial charge on any atom is -0.344 e. The summed E-state index contributed by atoms with van der Waals surface area (Å²) in [6, 6.07) is 13.9. The SMILES string of the molecule is Cc1ccc(Nc2c(-c3ccc(F)cc3)nc3n2CCN(C(=O)C2CC(=O)N2)C3)cc1. The number of hydrogen-bond donors (Lipinski definition) is 2. The van der Waals surface area contributed by atoms with E-state index in [0.29, 0.717) is 25.3 Å². The van der Waals surface area contributed by atoms with Gasteiger partial charge in [0.05, 0.1) is 13.0 Å². The summed E-state index contributed by atoms with van der Waals surface area (Å²) in [5.74, 6) is 1.08. The van der Waals surface area contributed by atoms with Gasteiger partial charge in [0.1, 0.15) is 29.2 Å². The van der Waals surface area contributed by atoms with Crippen LogP contribution in [0.15, 0.2) is 48.5 Å². The maximum Gasteiger partial charge on any atom is 0.246 e. The summed E-state index contributed by atoms with van der Waals surface area (Å²) in [6.45, 7) is 3.49. The second-order valence-electron chi connectivity index (χ2n) is 7.96. The van der Waals surface area contributed by atoms with E-state index in [0.717, 1.165) is 28.5 Å². The highest BCUT2D eigenvalue weighted by atomic mass is 19.1. The highest BCUT2D eigenvalue weighted by Crippen LogP contribution is 2.33. The van der Waals surface area contributed by atoms with E-state index >= 15 is 0 Å². The number of aryl methyl sites for hydroxylation is 1. The van der Waals surface area contributed by atoms with Crippen LogP contribution in [-0.2, 0) is 22.7 Å². The molecule has 158 valence electrons. The van der Waals surface area contributed by atoms with E-state index in [4.69, 9.17) is 4.98 Å². The van der Waals surface area contributed by atoms with Gasteiger partial charge in [0.25, 0.3) is 0 Å². The first-order chi connectivity index (χ1) is 15.0. The maximum absolute atomic E-state index is 13.5. The van der Waals surface area contributed by atoms with Gasteiger partial charge in [-0.1, -0.05) is 17.7 Å². The number of β-lactam (4-membered cyclic amide) rings is 1. The van der Waals surface area contributed by atoms with Crippen molar-refractivity contribution in [3.8, 4) is 11.3 Å². The van der Waals surface area contributed by atoms with Gasteiger partial charge in [-0.15, -0.1) is 0 Å². The van der Waals surface area contributed by atoms with Gasteiger partial charge in [0, 0.05) is 24.3 Å². The molecule has 1 fully saturated rings. The average molecular weight is 419 g/mol. The third-order valence-corrected chi connectivity index (χ3v) is 5.74. The zero-order valence-corrected chi connectivity index (χ0v) is 17.1. The molecule has 5 rings (SSSR count). The molecule has 3 heterocycles. The Balaban J connectivity index is 1.49. The summed E-state index contributed by atoms with van der Waals surface area (Å²) < 4.78 is 15.6. The first-order valence-corrected chi connectivity index (χ1v) is 10.2. The van der Waals surface area contributed by atoms with E-state index in [1.165, 1.54) is 12.1 Å². The molecule has 8 heteroatoms. The number of aromatic nitrogens is 2. The second-order valence-corrected chi connectivity index (χ2v) is 7.96. The number of benzene rings is 2. The van der Waals surface area contributed by atoms with Crippen LogP contribution in [-0.4, -0.2) is 38.9 Å². The fraction of sp³-hybridized carbons (Fsp3) is 0.261. The van der Waals surface area contributed by atoms with E-state index in [2.05, 4.69) is 15.2 Å². The van der Waals surface area contributed by atoms with Crippen molar-refractivity contribution >= 4 is 23.3 Å². The molecule has 1 saturated heterocycles. The minimum absolute atomic E-state index is 0.0785. The van der Waals surface area contributed by atoms with Crippen molar-refractivity contribution in [1.29, 1.82) is 0 Å². The molecule has 2 aromatic carbocycles. The zero-order chi connectivity index (χ0) is 21.5. The normalized spacial score (nSPS) is 17.5. The zero-order valence-electron chi connectivity index (χ0n) is 17.1. The van der Waals surface area contributed by atoms with Crippen LogP contribution in [0.25, 0.3) is 11.3 Å². The third kappa shape index (κ3) is 3.65. The molecule has 2 N–H and O–H groups in total. The highest BCUT2D eigenvalue weighted by molar-refractivity contribution is 5.97. The van der Waals surface area contributed by atoms with E-state index in [-0.39, 0.29) is 24.1 Å². The van der Waals surface area contributed by atoms with Crippen molar-refractivity contribution in [2.75, 3.05) is 11.9 Å². The van der Waals surface area contributed by atoms with Gasteiger partial charge in [0.2, 0.25) is 11.8 Å². The predicted molar refractivity (Wildman–Crippen MR) is 114 cm³/mol. The van der Waals surface area contributed by atoms with Gasteiger partial charge in [0.15, 0.2) is 0 Å². The van der Waals surface area contributed by atoms with Crippen molar-refractivity contribution in [3.63, 3.8) is 0 Å². The summed E-state index contributed by atoms with van der Waals surface area (Å²) in [4.78, 5) is 30.4. The number of carbonyl (C=O) groups is 2. The number of rotatable bonds is 4. The highest BCUT2D eigenvalue weighted by Gasteiger charge is 2.37. The lowest BCUT2D eigenvalue weighted by atomic mass is 10.0. The number of nitrogens with zero attached hydrogens (tertiary/aromatic N) is 3. The van der Waals surface area contributed by atoms with Crippen LogP contribution in [0.2, 0.25) is 0 Å². The Morgan fingerprint density at radius 2 is 1.84 bits per heavy atom. The molecular weight excluding hydrogens is 397 g/mol. The summed E-state index contributed by atoms with van der Waals surface area (Å²) in [6.07, 6.45) is 0.241. The summed E-state index contributed by atoms with van der Waals surface area (Å²) >= 11 is 0. The Hall–Kier alpha value is -3.68. The van der Waals surface area contributed by atoms with Crippen LogP contribution >= 0.6 is 0 Å². The van der Waals surface area contributed by atoms with Crippen LogP contribution in [0.4, 0.5) is 15.9 Å². The van der Waals surface area contributed by atoms with Gasteiger partial charge in [-0.2, -0.15) is 0 Å². The van der Waals surface area contributed by atoms with E-state index in [1.807, 2.05) is 31.2 Å². The lowest BCUT2D eigenvalue weighted by Crippen LogP contribution is -2.58. The average Bonchev–Trinajstić information content (AvgIpc) is 3.10. The van der Waals surface area contributed by atoms with Crippen molar-refractivity contribution in [2.45, 2.75) is 32.5 Å². The minimum atomic E-state index is -0.435. The fourth-order valence-electron chi connectivity index (χ4n) is 3.96. The monoisotopic (exact) mass is 419 g/mol. The van der Waals surface area contributed by atoms with Crippen LogP contribution in [0.5, 0.6) is 0 Å². The topological polar surface area (TPSA) is 79.3 Å². The summed E-state index contributed by atoms with van der Waals surface area (Å²) in [5.41, 5.74) is 3.59. The van der Waals surface area contributed by atoms with Crippen molar-refractivity contribution < 1.29 is 14.0 Å². The summed E-state index contributed by atoms with van der Waals surface area (Å²) in [7, 11) is 0. The largest absolute Gasteiger partial charge is 0.344 e. The van der Waals surface area contributed by atoms with Crippen molar-refractivity contribution in [1.82, 2.24) is 19.8 Å². The third-order valence-electron chi connectivity index (χ3n) is 5.74. The van der Waals surface area contributed by atoms with Crippen LogP contribution in [0.3, 0.4) is 0 Å². The molecule has 1 aromatic heterocycles. The molecule has 31 heavy (non-hydrogen) atoms. The molecule has 2 aliphatic rings. The van der Waals surface area contributed by atoms with Crippen LogP contribution in [0.1, 0.15) is 17.8 Å². The smallest absolute Gasteiger partial charge is 0.246 e. The first kappa shape index (κ1) is 19.3. The molecule has 1 atom stereocenters. The van der Waals surface area contributed by atoms with Crippen molar-refractivity contribution in [3.05, 3.63) is 65.7 Å². The van der Waals surface area contributed by atoms with Gasteiger partial charge in [-0.05, 0) is 43.3 Å². The molecule has 0 aliphatic carbocycles. The van der Waals surface area contributed by atoms with Crippen LogP contribution < -0.4 is 10.6 Å². The van der Waals surface area contributed by atoms with E-state index < -0.39 is 6.04 Å². The Morgan fingerprint density at radius 1 is 1.13 bits per heavy atom. The van der Waals surface area contributed by atoms with Crippen LogP contribution in [0, 0.1) is 12.7 Å². The van der Waals surface area contributed by atoms with Gasteiger partial charge in [-0.3, -0.25) is 9.59 Å². The summed E-state index contributed by atoms with van der Waals surface area (Å²) in [5, 5.41) is 6.11. The lowest BCUT2D eigenvalue weighted by Gasteiger charge is -2.34. The molecule has 2 amide bonds. The number of nitrogens with one attached hydrogen (secondary N) is 2. The molecule has 3 aromatic rings. The molecule has 0 radical (unpaired) electrons. The van der Waals surface area contributed by atoms with E-state index in [1.54, 1.807) is 17.0 Å². The predicted octanol–water partition coefficient (Wildman–Crippen LogP) is 2.97. The fourth-order valence-corrected chi connectivity index (χ4v) is 3.96. The molecule has 0 saturated carbocycles. The number of anilines is 2. The molecular formula is C23H22FN5O2.